The van der Waals surface area contributed by atoms with Crippen molar-refractivity contribution < 1.29 is 9.84 Å². The van der Waals surface area contributed by atoms with Gasteiger partial charge in [0, 0.05) is 5.92 Å². The van der Waals surface area contributed by atoms with Gasteiger partial charge in [-0.05, 0) is 86.1 Å². The summed E-state index contributed by atoms with van der Waals surface area (Å²) in [5, 5.41) is 9.76. The average Bonchev–Trinajstić information content (AvgIpc) is 2.67. The molecular formula is C26H28O2. The number of ether oxygens (including phenoxy) is 1. The van der Waals surface area contributed by atoms with E-state index in [-0.39, 0.29) is 11.5 Å². The lowest BCUT2D eigenvalue weighted by Gasteiger charge is -2.35. The monoisotopic (exact) mass is 372 g/mol. The Kier molecular flexibility index (Phi) is 4.89. The lowest BCUT2D eigenvalue weighted by molar-refractivity contribution is 0.130. The number of hydrogen-bond acceptors (Lipinski definition) is 2. The summed E-state index contributed by atoms with van der Waals surface area (Å²) in [6.07, 6.45) is 2.15. The van der Waals surface area contributed by atoms with E-state index >= 15 is 0 Å². The Labute approximate surface area is 167 Å². The second-order valence-corrected chi connectivity index (χ2v) is 8.70. The molecular weight excluding hydrogens is 344 g/mol. The molecule has 2 nitrogen and oxygen atoms in total. The van der Waals surface area contributed by atoms with Crippen molar-refractivity contribution in [2.45, 2.75) is 51.0 Å². The molecule has 4 rings (SSSR count). The van der Waals surface area contributed by atoms with Crippen molar-refractivity contribution in [1.82, 2.24) is 0 Å². The Hall–Kier alpha value is -2.74. The molecule has 1 aliphatic carbocycles. The van der Waals surface area contributed by atoms with Gasteiger partial charge in [-0.3, -0.25) is 0 Å². The number of aryl methyl sites for hydroxylation is 1. The molecule has 2 heteroatoms. The van der Waals surface area contributed by atoms with Crippen LogP contribution in [0.15, 0.2) is 72.8 Å². The molecule has 144 valence electrons. The SMILES string of the molecule is CC(C)(C)Oc1ccc2c(c1)CC[C@H](c1ccccc1)C2c1ccc(O)cc1. The predicted octanol–water partition coefficient (Wildman–Crippen LogP) is 6.43. The molecule has 0 heterocycles. The summed E-state index contributed by atoms with van der Waals surface area (Å²) in [5.74, 6) is 1.95. The smallest absolute Gasteiger partial charge is 0.120 e. The van der Waals surface area contributed by atoms with Crippen molar-refractivity contribution in [3.05, 3.63) is 95.1 Å². The number of hydrogen-bond donors (Lipinski definition) is 1. The molecule has 0 bridgehead atoms. The molecule has 0 saturated carbocycles. The number of rotatable bonds is 3. The van der Waals surface area contributed by atoms with Gasteiger partial charge in [-0.1, -0.05) is 48.5 Å². The van der Waals surface area contributed by atoms with Gasteiger partial charge >= 0.3 is 0 Å². The summed E-state index contributed by atoms with van der Waals surface area (Å²) in [6.45, 7) is 6.24. The van der Waals surface area contributed by atoms with E-state index in [2.05, 4.69) is 81.4 Å². The standard InChI is InChI=1S/C26H28O2/c1-26(2,3)28-22-14-16-24-20(17-22)11-15-23(18-7-5-4-6-8-18)25(24)19-9-12-21(27)13-10-19/h4-10,12-14,16-17,23,25,27H,11,15H2,1-3H3/t23-,25?/m1/s1. The van der Waals surface area contributed by atoms with Crippen LogP contribution in [0.4, 0.5) is 0 Å². The van der Waals surface area contributed by atoms with Crippen LogP contribution in [0.2, 0.25) is 0 Å². The van der Waals surface area contributed by atoms with Crippen LogP contribution in [0.25, 0.3) is 0 Å². The van der Waals surface area contributed by atoms with Gasteiger partial charge in [0.2, 0.25) is 0 Å². The van der Waals surface area contributed by atoms with Crippen LogP contribution in [0.1, 0.15) is 61.3 Å². The normalized spacial score (nSPS) is 19.1. The van der Waals surface area contributed by atoms with E-state index in [1.807, 2.05) is 0 Å². The molecule has 3 aromatic rings. The minimum atomic E-state index is -0.203. The van der Waals surface area contributed by atoms with Crippen molar-refractivity contribution in [2.75, 3.05) is 0 Å². The number of fused-ring (bicyclic) bond motifs is 1. The van der Waals surface area contributed by atoms with Crippen molar-refractivity contribution in [1.29, 1.82) is 0 Å². The Morgan fingerprint density at radius 1 is 0.857 bits per heavy atom. The minimum Gasteiger partial charge on any atom is -0.508 e. The number of phenolic OH excluding ortho intramolecular Hbond substituents is 1. The molecule has 1 aliphatic rings. The maximum atomic E-state index is 9.76. The van der Waals surface area contributed by atoms with Crippen molar-refractivity contribution in [3.63, 3.8) is 0 Å². The van der Waals surface area contributed by atoms with Gasteiger partial charge in [0.25, 0.3) is 0 Å². The summed E-state index contributed by atoms with van der Waals surface area (Å²) >= 11 is 0. The van der Waals surface area contributed by atoms with Gasteiger partial charge in [-0.2, -0.15) is 0 Å². The molecule has 0 fully saturated rings. The molecule has 0 spiro atoms. The molecule has 1 N–H and O–H groups in total. The van der Waals surface area contributed by atoms with Gasteiger partial charge in [-0.15, -0.1) is 0 Å². The minimum absolute atomic E-state index is 0.203. The van der Waals surface area contributed by atoms with E-state index in [1.165, 1.54) is 22.3 Å². The van der Waals surface area contributed by atoms with Crippen molar-refractivity contribution in [2.24, 2.45) is 0 Å². The highest BCUT2D eigenvalue weighted by molar-refractivity contribution is 5.48. The number of benzene rings is 3. The Bertz CT molecular complexity index is 936. The largest absolute Gasteiger partial charge is 0.508 e. The fourth-order valence-corrected chi connectivity index (χ4v) is 4.37. The quantitative estimate of drug-likeness (QED) is 0.574. The maximum absolute atomic E-state index is 9.76. The third kappa shape index (κ3) is 3.91. The molecule has 2 atom stereocenters. The molecule has 0 radical (unpaired) electrons. The molecule has 3 aromatic carbocycles. The van der Waals surface area contributed by atoms with E-state index in [9.17, 15) is 5.11 Å². The van der Waals surface area contributed by atoms with Gasteiger partial charge in [-0.25, -0.2) is 0 Å². The zero-order chi connectivity index (χ0) is 19.7. The van der Waals surface area contributed by atoms with E-state index in [0.29, 0.717) is 11.7 Å². The highest BCUT2D eigenvalue weighted by atomic mass is 16.5. The second kappa shape index (κ2) is 7.35. The Morgan fingerprint density at radius 2 is 1.57 bits per heavy atom. The highest BCUT2D eigenvalue weighted by Gasteiger charge is 2.32. The third-order valence-electron chi connectivity index (χ3n) is 5.48. The average molecular weight is 373 g/mol. The summed E-state index contributed by atoms with van der Waals surface area (Å²) in [7, 11) is 0. The Balaban J connectivity index is 1.78. The summed E-state index contributed by atoms with van der Waals surface area (Å²) in [5.41, 5.74) is 5.16. The second-order valence-electron chi connectivity index (χ2n) is 8.70. The first-order valence-corrected chi connectivity index (χ1v) is 10.1. The first-order valence-electron chi connectivity index (χ1n) is 10.1. The van der Waals surface area contributed by atoms with E-state index in [1.54, 1.807) is 12.1 Å². The van der Waals surface area contributed by atoms with Gasteiger partial charge in [0.1, 0.15) is 17.1 Å². The third-order valence-corrected chi connectivity index (χ3v) is 5.48. The molecule has 0 amide bonds. The molecule has 0 aliphatic heterocycles. The van der Waals surface area contributed by atoms with Crippen LogP contribution in [-0.2, 0) is 6.42 Å². The van der Waals surface area contributed by atoms with Crippen LogP contribution in [0, 0.1) is 0 Å². The summed E-state index contributed by atoms with van der Waals surface area (Å²) in [6, 6.07) is 25.1. The number of phenols is 1. The first-order chi connectivity index (χ1) is 13.4. The maximum Gasteiger partial charge on any atom is 0.120 e. The fraction of sp³-hybridized carbons (Fsp3) is 0.308. The lowest BCUT2D eigenvalue weighted by Crippen LogP contribution is -2.24. The van der Waals surface area contributed by atoms with Gasteiger partial charge in [0.15, 0.2) is 0 Å². The summed E-state index contributed by atoms with van der Waals surface area (Å²) in [4.78, 5) is 0. The van der Waals surface area contributed by atoms with Gasteiger partial charge in [0.05, 0.1) is 0 Å². The Morgan fingerprint density at radius 3 is 2.25 bits per heavy atom. The highest BCUT2D eigenvalue weighted by Crippen LogP contribution is 2.47. The molecule has 0 saturated heterocycles. The lowest BCUT2D eigenvalue weighted by atomic mass is 9.69. The first kappa shape index (κ1) is 18.6. The van der Waals surface area contributed by atoms with E-state index in [4.69, 9.17) is 4.74 Å². The van der Waals surface area contributed by atoms with Crippen LogP contribution in [0.3, 0.4) is 0 Å². The predicted molar refractivity (Wildman–Crippen MR) is 114 cm³/mol. The fourth-order valence-electron chi connectivity index (χ4n) is 4.37. The zero-order valence-electron chi connectivity index (χ0n) is 16.9. The van der Waals surface area contributed by atoms with Crippen molar-refractivity contribution in [3.8, 4) is 11.5 Å². The van der Waals surface area contributed by atoms with Crippen LogP contribution in [0.5, 0.6) is 11.5 Å². The molecule has 28 heavy (non-hydrogen) atoms. The zero-order valence-corrected chi connectivity index (χ0v) is 16.9. The molecule has 0 aromatic heterocycles. The number of aromatic hydroxyl groups is 1. The van der Waals surface area contributed by atoms with Crippen LogP contribution >= 0.6 is 0 Å². The van der Waals surface area contributed by atoms with Crippen LogP contribution < -0.4 is 4.74 Å². The van der Waals surface area contributed by atoms with Crippen molar-refractivity contribution >= 4 is 0 Å². The van der Waals surface area contributed by atoms with Crippen LogP contribution in [-0.4, -0.2) is 10.7 Å². The summed E-state index contributed by atoms with van der Waals surface area (Å²) < 4.78 is 6.10. The van der Waals surface area contributed by atoms with Gasteiger partial charge < -0.3 is 9.84 Å². The van der Waals surface area contributed by atoms with E-state index in [0.717, 1.165) is 18.6 Å². The topological polar surface area (TPSA) is 29.5 Å². The molecule has 1 unspecified atom stereocenters. The van der Waals surface area contributed by atoms with E-state index < -0.39 is 0 Å².